The van der Waals surface area contributed by atoms with Gasteiger partial charge >= 0.3 is 5.97 Å². The van der Waals surface area contributed by atoms with Crippen molar-refractivity contribution in [3.05, 3.63) is 35.9 Å². The Morgan fingerprint density at radius 2 is 1.70 bits per heavy atom. The molecule has 1 aliphatic rings. The van der Waals surface area contributed by atoms with Crippen LogP contribution in [-0.4, -0.2) is 75.2 Å². The van der Waals surface area contributed by atoms with E-state index in [2.05, 4.69) is 5.32 Å². The van der Waals surface area contributed by atoms with Crippen molar-refractivity contribution in [1.82, 2.24) is 5.32 Å². The molecular formula is C18H25NO8. The number of esters is 1. The number of carbonyl (C=O) groups excluding carboxylic acids is 2. The second kappa shape index (κ2) is 9.25. The highest BCUT2D eigenvalue weighted by Gasteiger charge is 2.47. The Hall–Kier alpha value is -2.04. The summed E-state index contributed by atoms with van der Waals surface area (Å²) in [6, 6.07) is 9.32. The van der Waals surface area contributed by atoms with E-state index < -0.39 is 48.7 Å². The minimum Gasteiger partial charge on any atom is -0.451 e. The highest BCUT2D eigenvalue weighted by molar-refractivity contribution is 5.85. The second-order valence-electron chi connectivity index (χ2n) is 6.60. The zero-order chi connectivity index (χ0) is 20.1. The first-order valence-corrected chi connectivity index (χ1v) is 8.63. The average molecular weight is 383 g/mol. The smallest absolute Gasteiger partial charge is 0.339 e. The van der Waals surface area contributed by atoms with Gasteiger partial charge in [0.15, 0.2) is 18.5 Å². The molecule has 9 nitrogen and oxygen atoms in total. The molecule has 1 amide bonds. The van der Waals surface area contributed by atoms with E-state index in [4.69, 9.17) is 9.47 Å². The van der Waals surface area contributed by atoms with E-state index in [0.29, 0.717) is 6.42 Å². The summed E-state index contributed by atoms with van der Waals surface area (Å²) in [6.45, 7) is 3.15. The number of hydrogen-bond acceptors (Lipinski definition) is 8. The lowest BCUT2D eigenvalue weighted by Crippen LogP contribution is -2.60. The van der Waals surface area contributed by atoms with Crippen molar-refractivity contribution in [2.45, 2.75) is 63.1 Å². The topological polar surface area (TPSA) is 146 Å². The summed E-state index contributed by atoms with van der Waals surface area (Å²) in [5, 5.41) is 41.0. The Morgan fingerprint density at radius 3 is 2.33 bits per heavy atom. The fraction of sp³-hybridized carbons (Fsp3) is 0.556. The van der Waals surface area contributed by atoms with Gasteiger partial charge in [0.25, 0.3) is 5.91 Å². The monoisotopic (exact) mass is 383 g/mol. The van der Waals surface area contributed by atoms with Crippen LogP contribution in [-0.2, 0) is 25.5 Å². The first kappa shape index (κ1) is 21.3. The molecule has 1 aromatic rings. The molecule has 1 fully saturated rings. The Bertz CT molecular complexity index is 640. The minimum atomic E-state index is -1.86. The van der Waals surface area contributed by atoms with E-state index in [9.17, 15) is 30.0 Å². The van der Waals surface area contributed by atoms with Crippen molar-refractivity contribution in [2.75, 3.05) is 0 Å². The van der Waals surface area contributed by atoms with Crippen molar-refractivity contribution in [2.24, 2.45) is 0 Å². The van der Waals surface area contributed by atoms with Gasteiger partial charge in [-0.05, 0) is 25.8 Å². The number of nitrogens with one attached hydrogen (secondary N) is 1. The van der Waals surface area contributed by atoms with Crippen LogP contribution in [0.1, 0.15) is 19.4 Å². The summed E-state index contributed by atoms with van der Waals surface area (Å²) in [4.78, 5) is 24.3. The van der Waals surface area contributed by atoms with Crippen LogP contribution in [0, 0.1) is 0 Å². The van der Waals surface area contributed by atoms with E-state index in [1.54, 1.807) is 0 Å². The third-order valence-electron chi connectivity index (χ3n) is 4.26. The van der Waals surface area contributed by atoms with Gasteiger partial charge in [-0.1, -0.05) is 30.3 Å². The van der Waals surface area contributed by atoms with Gasteiger partial charge in [-0.15, -0.1) is 0 Å². The quantitative estimate of drug-likeness (QED) is 0.372. The molecule has 0 aliphatic carbocycles. The molecule has 2 unspecified atom stereocenters. The maximum Gasteiger partial charge on any atom is 0.339 e. The zero-order valence-corrected chi connectivity index (χ0v) is 15.1. The van der Waals surface area contributed by atoms with Crippen LogP contribution in [0.25, 0.3) is 0 Å². The molecule has 0 radical (unpaired) electrons. The molecule has 2 rings (SSSR count). The zero-order valence-electron chi connectivity index (χ0n) is 15.1. The number of aliphatic hydroxyl groups excluding tert-OH is 4. The maximum atomic E-state index is 12.2. The fourth-order valence-corrected chi connectivity index (χ4v) is 2.73. The Kier molecular flexibility index (Phi) is 7.28. The van der Waals surface area contributed by atoms with Crippen LogP contribution < -0.4 is 5.32 Å². The van der Waals surface area contributed by atoms with Gasteiger partial charge in [-0.25, -0.2) is 4.79 Å². The van der Waals surface area contributed by atoms with Gasteiger partial charge in [0.05, 0.1) is 0 Å². The summed E-state index contributed by atoms with van der Waals surface area (Å²) in [7, 11) is 0. The van der Waals surface area contributed by atoms with Gasteiger partial charge in [0.2, 0.25) is 0 Å². The van der Waals surface area contributed by atoms with Crippen LogP contribution in [0.2, 0.25) is 0 Å². The molecule has 0 spiro atoms. The average Bonchev–Trinajstić information content (AvgIpc) is 2.63. The first-order chi connectivity index (χ1) is 12.7. The van der Waals surface area contributed by atoms with Crippen molar-refractivity contribution in [3.8, 4) is 0 Å². The fourth-order valence-electron chi connectivity index (χ4n) is 2.73. The molecule has 0 aromatic heterocycles. The van der Waals surface area contributed by atoms with E-state index >= 15 is 0 Å². The summed E-state index contributed by atoms with van der Waals surface area (Å²) in [5.74, 6) is -1.68. The second-order valence-corrected chi connectivity index (χ2v) is 6.60. The standard InChI is InChI=1S/C18H25NO8/c1-9(8-11-6-4-3-5-7-11)19-16(23)10(2)26-18(25)15-13(21)12(20)14(22)17(24)27-15/h3-7,9-10,12-15,17,20-22,24H,8H2,1-2H3,(H,19,23)/t9-,10+,12?,13-,14-,15?,17+/m0/s1. The third-order valence-corrected chi connectivity index (χ3v) is 4.26. The molecule has 1 aromatic carbocycles. The number of aliphatic hydroxyl groups is 4. The van der Waals surface area contributed by atoms with Gasteiger partial charge in [0.1, 0.15) is 18.3 Å². The summed E-state index contributed by atoms with van der Waals surface area (Å²) >= 11 is 0. The summed E-state index contributed by atoms with van der Waals surface area (Å²) in [5.41, 5.74) is 1.04. The van der Waals surface area contributed by atoms with Gasteiger partial charge in [0, 0.05) is 6.04 Å². The van der Waals surface area contributed by atoms with Gasteiger partial charge in [-0.3, -0.25) is 4.79 Å². The Balaban J connectivity index is 1.87. The minimum absolute atomic E-state index is 0.212. The van der Waals surface area contributed by atoms with Crippen molar-refractivity contribution in [3.63, 3.8) is 0 Å². The molecular weight excluding hydrogens is 358 g/mol. The molecule has 7 atom stereocenters. The van der Waals surface area contributed by atoms with E-state index in [1.165, 1.54) is 6.92 Å². The summed E-state index contributed by atoms with van der Waals surface area (Å²) < 4.78 is 9.74. The number of benzene rings is 1. The van der Waals surface area contributed by atoms with Crippen LogP contribution in [0.15, 0.2) is 30.3 Å². The lowest BCUT2D eigenvalue weighted by molar-refractivity contribution is -0.281. The summed E-state index contributed by atoms with van der Waals surface area (Å²) in [6.07, 6.45) is -9.54. The number of ether oxygens (including phenoxy) is 2. The van der Waals surface area contributed by atoms with E-state index in [1.807, 2.05) is 37.3 Å². The normalized spacial score (nSPS) is 30.2. The number of amides is 1. The molecule has 1 heterocycles. The molecule has 27 heavy (non-hydrogen) atoms. The Labute approximate surface area is 156 Å². The van der Waals surface area contributed by atoms with E-state index in [-0.39, 0.29) is 6.04 Å². The lowest BCUT2D eigenvalue weighted by Gasteiger charge is -2.37. The highest BCUT2D eigenvalue weighted by Crippen LogP contribution is 2.21. The lowest BCUT2D eigenvalue weighted by atomic mass is 9.99. The molecule has 9 heteroatoms. The van der Waals surface area contributed by atoms with Crippen molar-refractivity contribution in [1.29, 1.82) is 0 Å². The van der Waals surface area contributed by atoms with Crippen molar-refractivity contribution < 1.29 is 39.5 Å². The maximum absolute atomic E-state index is 12.2. The van der Waals surface area contributed by atoms with E-state index in [0.717, 1.165) is 5.56 Å². The van der Waals surface area contributed by atoms with Gasteiger partial charge in [-0.2, -0.15) is 0 Å². The third kappa shape index (κ3) is 5.47. The number of carbonyl (C=O) groups is 2. The van der Waals surface area contributed by atoms with Crippen LogP contribution in [0.4, 0.5) is 0 Å². The predicted molar refractivity (Wildman–Crippen MR) is 92.2 cm³/mol. The first-order valence-electron chi connectivity index (χ1n) is 8.63. The molecule has 1 saturated heterocycles. The SMILES string of the molecule is C[C@@H](Cc1ccccc1)NC(=O)[C@@H](C)OC(=O)C1O[C@@H](O)[C@@H](O)C(O)[C@@H]1O. The van der Waals surface area contributed by atoms with Crippen molar-refractivity contribution >= 4 is 11.9 Å². The molecule has 1 aliphatic heterocycles. The number of rotatable bonds is 6. The molecule has 5 N–H and O–H groups in total. The predicted octanol–water partition coefficient (Wildman–Crippen LogP) is -1.53. The van der Waals surface area contributed by atoms with Crippen LogP contribution in [0.5, 0.6) is 0 Å². The largest absolute Gasteiger partial charge is 0.451 e. The van der Waals surface area contributed by atoms with Crippen LogP contribution >= 0.6 is 0 Å². The Morgan fingerprint density at radius 1 is 1.07 bits per heavy atom. The highest BCUT2D eigenvalue weighted by atomic mass is 16.7. The number of hydrogen-bond donors (Lipinski definition) is 5. The molecule has 150 valence electrons. The molecule has 0 saturated carbocycles. The molecule has 0 bridgehead atoms. The van der Waals surface area contributed by atoms with Gasteiger partial charge < -0.3 is 35.2 Å². The van der Waals surface area contributed by atoms with Crippen LogP contribution in [0.3, 0.4) is 0 Å².